The Hall–Kier alpha value is -1.78. The standard InChI is InChI=1S/C13H17N5O3S2/c1-2-23(20,21)17-6-10-3-4-16-18(10)11(7-17)5-14-13(19)12-8-22-9-15-12/h3-4,8-9,11H,2,5-7H2,1H3,(H,14,19). The summed E-state index contributed by atoms with van der Waals surface area (Å²) in [5.74, 6) is -0.214. The zero-order chi connectivity index (χ0) is 16.4. The first-order valence-corrected chi connectivity index (χ1v) is 9.73. The van der Waals surface area contributed by atoms with Crippen molar-refractivity contribution in [2.45, 2.75) is 19.5 Å². The fraction of sp³-hybridized carbons (Fsp3) is 0.462. The number of hydrogen-bond donors (Lipinski definition) is 1. The van der Waals surface area contributed by atoms with Crippen LogP contribution in [0.5, 0.6) is 0 Å². The van der Waals surface area contributed by atoms with Crippen molar-refractivity contribution in [3.63, 3.8) is 0 Å². The van der Waals surface area contributed by atoms with Gasteiger partial charge in [-0.05, 0) is 13.0 Å². The van der Waals surface area contributed by atoms with Crippen LogP contribution in [0.2, 0.25) is 0 Å². The van der Waals surface area contributed by atoms with Crippen LogP contribution in [0, 0.1) is 0 Å². The van der Waals surface area contributed by atoms with E-state index in [1.165, 1.54) is 15.6 Å². The molecule has 0 spiro atoms. The molecule has 1 N–H and O–H groups in total. The summed E-state index contributed by atoms with van der Waals surface area (Å²) in [4.78, 5) is 16.0. The van der Waals surface area contributed by atoms with Gasteiger partial charge >= 0.3 is 0 Å². The lowest BCUT2D eigenvalue weighted by molar-refractivity contribution is 0.0938. The van der Waals surface area contributed by atoms with E-state index in [2.05, 4.69) is 15.4 Å². The Bertz CT molecular complexity index is 784. The fourth-order valence-electron chi connectivity index (χ4n) is 2.52. The number of nitrogens with one attached hydrogen (secondary N) is 1. The molecule has 0 radical (unpaired) electrons. The van der Waals surface area contributed by atoms with Crippen LogP contribution in [0.1, 0.15) is 29.1 Å². The summed E-state index contributed by atoms with van der Waals surface area (Å²) in [5, 5.41) is 8.72. The largest absolute Gasteiger partial charge is 0.348 e. The second-order valence-corrected chi connectivity index (χ2v) is 8.17. The summed E-state index contributed by atoms with van der Waals surface area (Å²) in [6, 6.07) is 1.56. The van der Waals surface area contributed by atoms with Gasteiger partial charge in [0.25, 0.3) is 5.91 Å². The first-order chi connectivity index (χ1) is 11.0. The summed E-state index contributed by atoms with van der Waals surface area (Å²) in [6.07, 6.45) is 1.65. The first-order valence-electron chi connectivity index (χ1n) is 7.18. The van der Waals surface area contributed by atoms with Gasteiger partial charge in [0.15, 0.2) is 0 Å². The van der Waals surface area contributed by atoms with Crippen LogP contribution < -0.4 is 5.32 Å². The highest BCUT2D eigenvalue weighted by molar-refractivity contribution is 7.89. The predicted molar refractivity (Wildman–Crippen MR) is 85.6 cm³/mol. The van der Waals surface area contributed by atoms with E-state index in [-0.39, 0.29) is 17.7 Å². The SMILES string of the molecule is CCS(=O)(=O)N1Cc2ccnn2C(CNC(=O)c2cscn2)C1. The van der Waals surface area contributed by atoms with Crippen LogP contribution in [-0.4, -0.2) is 52.2 Å². The maximum Gasteiger partial charge on any atom is 0.270 e. The predicted octanol–water partition coefficient (Wildman–Crippen LogP) is 0.476. The van der Waals surface area contributed by atoms with E-state index in [0.29, 0.717) is 25.3 Å². The monoisotopic (exact) mass is 355 g/mol. The Labute approximate surface area is 138 Å². The van der Waals surface area contributed by atoms with Gasteiger partial charge in [0.05, 0.1) is 29.5 Å². The minimum atomic E-state index is -3.29. The third-order valence-electron chi connectivity index (χ3n) is 3.77. The molecular weight excluding hydrogens is 338 g/mol. The number of amides is 1. The third-order valence-corrected chi connectivity index (χ3v) is 6.15. The molecule has 3 rings (SSSR count). The van der Waals surface area contributed by atoms with Gasteiger partial charge in [0, 0.05) is 24.7 Å². The van der Waals surface area contributed by atoms with Crippen molar-refractivity contribution in [3.8, 4) is 0 Å². The number of fused-ring (bicyclic) bond motifs is 1. The van der Waals surface area contributed by atoms with Crippen molar-refractivity contribution in [2.24, 2.45) is 0 Å². The summed E-state index contributed by atoms with van der Waals surface area (Å²) >= 11 is 1.35. The Morgan fingerprint density at radius 2 is 2.35 bits per heavy atom. The number of carbonyl (C=O) groups excluding carboxylic acids is 1. The van der Waals surface area contributed by atoms with Gasteiger partial charge in [-0.3, -0.25) is 9.48 Å². The Kier molecular flexibility index (Phi) is 4.46. The highest BCUT2D eigenvalue weighted by Gasteiger charge is 2.32. The molecule has 8 nitrogen and oxygen atoms in total. The molecule has 0 fully saturated rings. The molecule has 23 heavy (non-hydrogen) atoms. The lowest BCUT2D eigenvalue weighted by Gasteiger charge is -2.33. The minimum Gasteiger partial charge on any atom is -0.348 e. The molecule has 0 saturated carbocycles. The van der Waals surface area contributed by atoms with Crippen molar-refractivity contribution < 1.29 is 13.2 Å². The second-order valence-electron chi connectivity index (χ2n) is 5.20. The van der Waals surface area contributed by atoms with Crippen molar-refractivity contribution in [3.05, 3.63) is 34.5 Å². The molecule has 124 valence electrons. The Morgan fingerprint density at radius 1 is 1.52 bits per heavy atom. The smallest absolute Gasteiger partial charge is 0.270 e. The average molecular weight is 355 g/mol. The van der Waals surface area contributed by atoms with E-state index >= 15 is 0 Å². The summed E-state index contributed by atoms with van der Waals surface area (Å²) in [6.45, 7) is 2.52. The maximum atomic E-state index is 12.2. The van der Waals surface area contributed by atoms with Crippen LogP contribution in [0.15, 0.2) is 23.2 Å². The molecule has 1 unspecified atom stereocenters. The van der Waals surface area contributed by atoms with Gasteiger partial charge in [-0.2, -0.15) is 9.40 Å². The highest BCUT2D eigenvalue weighted by atomic mass is 32.2. The molecule has 0 bridgehead atoms. The van der Waals surface area contributed by atoms with Crippen LogP contribution in [0.25, 0.3) is 0 Å². The topological polar surface area (TPSA) is 97.2 Å². The number of hydrogen-bond acceptors (Lipinski definition) is 6. The molecular formula is C13H17N5O3S2. The summed E-state index contributed by atoms with van der Waals surface area (Å²) in [7, 11) is -3.29. The van der Waals surface area contributed by atoms with E-state index in [9.17, 15) is 13.2 Å². The normalized spacial score (nSPS) is 18.6. The number of aromatic nitrogens is 3. The maximum absolute atomic E-state index is 12.2. The van der Waals surface area contributed by atoms with E-state index in [4.69, 9.17) is 0 Å². The number of carbonyl (C=O) groups is 1. The number of nitrogens with zero attached hydrogens (tertiary/aromatic N) is 4. The molecule has 3 heterocycles. The van der Waals surface area contributed by atoms with Crippen LogP contribution in [0.4, 0.5) is 0 Å². The first kappa shape index (κ1) is 16.1. The van der Waals surface area contributed by atoms with Crippen molar-refractivity contribution >= 4 is 27.3 Å². The quantitative estimate of drug-likeness (QED) is 0.841. The van der Waals surface area contributed by atoms with Gasteiger partial charge in [0.2, 0.25) is 10.0 Å². The molecule has 1 aliphatic rings. The van der Waals surface area contributed by atoms with E-state index in [1.54, 1.807) is 34.8 Å². The Balaban J connectivity index is 1.74. The molecule has 0 aliphatic carbocycles. The van der Waals surface area contributed by atoms with E-state index in [0.717, 1.165) is 5.69 Å². The zero-order valence-electron chi connectivity index (χ0n) is 12.5. The van der Waals surface area contributed by atoms with Crippen molar-refractivity contribution in [2.75, 3.05) is 18.8 Å². The third kappa shape index (κ3) is 3.28. The van der Waals surface area contributed by atoms with Gasteiger partial charge < -0.3 is 5.32 Å². The molecule has 2 aromatic rings. The molecule has 1 amide bonds. The molecule has 2 aromatic heterocycles. The molecule has 0 saturated heterocycles. The van der Waals surface area contributed by atoms with E-state index < -0.39 is 10.0 Å². The summed E-state index contributed by atoms with van der Waals surface area (Å²) < 4.78 is 27.5. The van der Waals surface area contributed by atoms with Crippen LogP contribution >= 0.6 is 11.3 Å². The van der Waals surface area contributed by atoms with Gasteiger partial charge in [-0.15, -0.1) is 11.3 Å². The van der Waals surface area contributed by atoms with Gasteiger partial charge in [0.1, 0.15) is 5.69 Å². The lowest BCUT2D eigenvalue weighted by Crippen LogP contribution is -2.45. The highest BCUT2D eigenvalue weighted by Crippen LogP contribution is 2.22. The molecule has 0 aromatic carbocycles. The van der Waals surface area contributed by atoms with Crippen LogP contribution in [0.3, 0.4) is 0 Å². The lowest BCUT2D eigenvalue weighted by atomic mass is 10.2. The molecule has 1 atom stereocenters. The van der Waals surface area contributed by atoms with E-state index in [1.807, 2.05) is 0 Å². The average Bonchev–Trinajstić information content (AvgIpc) is 3.22. The minimum absolute atomic E-state index is 0.0546. The number of thiazole rings is 1. The van der Waals surface area contributed by atoms with Gasteiger partial charge in [-0.1, -0.05) is 0 Å². The fourth-order valence-corrected chi connectivity index (χ4v) is 4.15. The van der Waals surface area contributed by atoms with Gasteiger partial charge in [-0.25, -0.2) is 13.4 Å². The number of sulfonamides is 1. The van der Waals surface area contributed by atoms with Crippen molar-refractivity contribution in [1.82, 2.24) is 24.4 Å². The summed E-state index contributed by atoms with van der Waals surface area (Å²) in [5.41, 5.74) is 2.78. The Morgan fingerprint density at radius 3 is 3.04 bits per heavy atom. The van der Waals surface area contributed by atoms with Crippen LogP contribution in [-0.2, 0) is 16.6 Å². The number of rotatable bonds is 5. The second kappa shape index (κ2) is 6.38. The zero-order valence-corrected chi connectivity index (χ0v) is 14.2. The van der Waals surface area contributed by atoms with Crippen molar-refractivity contribution in [1.29, 1.82) is 0 Å². The molecule has 1 aliphatic heterocycles. The molecule has 10 heteroatoms.